The van der Waals surface area contributed by atoms with Crippen molar-refractivity contribution in [2.45, 2.75) is 32.5 Å². The number of rotatable bonds is 3. The Balaban J connectivity index is 1.48. The lowest BCUT2D eigenvalue weighted by molar-refractivity contribution is -0.169. The fourth-order valence-corrected chi connectivity index (χ4v) is 3.48. The molecule has 0 radical (unpaired) electrons. The normalized spacial score (nSPS) is 18.7. The van der Waals surface area contributed by atoms with Crippen molar-refractivity contribution >= 4 is 17.5 Å². The molecule has 0 atom stereocenters. The summed E-state index contributed by atoms with van der Waals surface area (Å²) in [5, 5.41) is 2.89. The Morgan fingerprint density at radius 2 is 1.74 bits per heavy atom. The number of anilines is 2. The Morgan fingerprint density at radius 1 is 1.07 bits per heavy atom. The van der Waals surface area contributed by atoms with Gasteiger partial charge in [0.15, 0.2) is 5.79 Å². The largest absolute Gasteiger partial charge is 0.347 e. The molecule has 0 aliphatic carbocycles. The second kappa shape index (κ2) is 7.25. The number of nitrogens with zero attached hydrogens (tertiary/aromatic N) is 3. The summed E-state index contributed by atoms with van der Waals surface area (Å²) in [7, 11) is 0. The van der Waals surface area contributed by atoms with E-state index in [2.05, 4.69) is 20.2 Å². The molecule has 0 saturated carbocycles. The summed E-state index contributed by atoms with van der Waals surface area (Å²) in [6, 6.07) is 9.40. The fraction of sp³-hybridized carbons (Fsp3) is 0.450. The molecule has 1 spiro atoms. The zero-order valence-electron chi connectivity index (χ0n) is 15.7. The summed E-state index contributed by atoms with van der Waals surface area (Å²) >= 11 is 0. The van der Waals surface area contributed by atoms with E-state index in [4.69, 9.17) is 9.47 Å². The van der Waals surface area contributed by atoms with Gasteiger partial charge < -0.3 is 19.7 Å². The molecule has 2 fully saturated rings. The van der Waals surface area contributed by atoms with Crippen LogP contribution in [0.5, 0.6) is 0 Å². The van der Waals surface area contributed by atoms with Crippen LogP contribution in [0.2, 0.25) is 0 Å². The van der Waals surface area contributed by atoms with Gasteiger partial charge in [0.25, 0.3) is 5.91 Å². The minimum Gasteiger partial charge on any atom is -0.347 e. The lowest BCUT2D eigenvalue weighted by Crippen LogP contribution is -2.45. The predicted octanol–water partition coefficient (Wildman–Crippen LogP) is 2.69. The highest BCUT2D eigenvalue weighted by Crippen LogP contribution is 2.32. The van der Waals surface area contributed by atoms with Gasteiger partial charge >= 0.3 is 0 Å². The second-order valence-corrected chi connectivity index (χ2v) is 7.11. The SMILES string of the molecule is Cc1ccc(NC(=O)c2cc(C)nc(N3CCC4(CC3)OCCO4)n2)cc1. The van der Waals surface area contributed by atoms with Crippen molar-refractivity contribution in [2.75, 3.05) is 36.5 Å². The first-order valence-electron chi connectivity index (χ1n) is 9.30. The van der Waals surface area contributed by atoms with Crippen LogP contribution in [0.1, 0.15) is 34.6 Å². The van der Waals surface area contributed by atoms with E-state index in [1.54, 1.807) is 6.07 Å². The molecule has 2 saturated heterocycles. The molecule has 7 nitrogen and oxygen atoms in total. The number of ether oxygens (including phenoxy) is 2. The molecule has 142 valence electrons. The Bertz CT molecular complexity index is 822. The molecule has 7 heteroatoms. The van der Waals surface area contributed by atoms with Crippen LogP contribution in [0.15, 0.2) is 30.3 Å². The number of amides is 1. The van der Waals surface area contributed by atoms with Crippen LogP contribution in [-0.2, 0) is 9.47 Å². The zero-order valence-corrected chi connectivity index (χ0v) is 15.7. The van der Waals surface area contributed by atoms with Gasteiger partial charge in [0.1, 0.15) is 5.69 Å². The number of piperidine rings is 1. The number of aromatic nitrogens is 2. The first-order chi connectivity index (χ1) is 13.0. The topological polar surface area (TPSA) is 76.6 Å². The predicted molar refractivity (Wildman–Crippen MR) is 102 cm³/mol. The highest BCUT2D eigenvalue weighted by molar-refractivity contribution is 6.03. The third kappa shape index (κ3) is 3.94. The van der Waals surface area contributed by atoms with Crippen molar-refractivity contribution in [3.63, 3.8) is 0 Å². The highest BCUT2D eigenvalue weighted by Gasteiger charge is 2.40. The first kappa shape index (κ1) is 17.9. The van der Waals surface area contributed by atoms with Gasteiger partial charge in [-0.15, -0.1) is 0 Å². The molecular formula is C20H24N4O3. The van der Waals surface area contributed by atoms with Gasteiger partial charge in [0, 0.05) is 37.3 Å². The number of aryl methyl sites for hydroxylation is 2. The zero-order chi connectivity index (χ0) is 18.9. The second-order valence-electron chi connectivity index (χ2n) is 7.11. The molecule has 4 rings (SSSR count). The highest BCUT2D eigenvalue weighted by atomic mass is 16.7. The summed E-state index contributed by atoms with van der Waals surface area (Å²) in [5.74, 6) is -0.0927. The number of carbonyl (C=O) groups excluding carboxylic acids is 1. The molecule has 1 amide bonds. The van der Waals surface area contributed by atoms with Crippen molar-refractivity contribution in [1.29, 1.82) is 0 Å². The lowest BCUT2D eigenvalue weighted by atomic mass is 10.0. The maximum atomic E-state index is 12.6. The maximum absolute atomic E-state index is 12.6. The Morgan fingerprint density at radius 3 is 2.41 bits per heavy atom. The van der Waals surface area contributed by atoms with Crippen LogP contribution in [0.4, 0.5) is 11.6 Å². The molecule has 1 aromatic heterocycles. The van der Waals surface area contributed by atoms with Crippen LogP contribution in [0, 0.1) is 13.8 Å². The van der Waals surface area contributed by atoms with Gasteiger partial charge in [-0.25, -0.2) is 9.97 Å². The van der Waals surface area contributed by atoms with Crippen LogP contribution < -0.4 is 10.2 Å². The molecule has 0 unspecified atom stereocenters. The third-order valence-electron chi connectivity index (χ3n) is 5.01. The monoisotopic (exact) mass is 368 g/mol. The molecule has 1 aromatic carbocycles. The van der Waals surface area contributed by atoms with Crippen LogP contribution in [0.25, 0.3) is 0 Å². The molecule has 2 aliphatic rings. The van der Waals surface area contributed by atoms with E-state index in [9.17, 15) is 4.79 Å². The van der Waals surface area contributed by atoms with Gasteiger partial charge in [-0.3, -0.25) is 4.79 Å². The summed E-state index contributed by atoms with van der Waals surface area (Å²) in [5.41, 5.74) is 3.03. The number of hydrogen-bond acceptors (Lipinski definition) is 6. The van der Waals surface area contributed by atoms with Crippen molar-refractivity contribution in [3.05, 3.63) is 47.3 Å². The summed E-state index contributed by atoms with van der Waals surface area (Å²) in [6.45, 7) is 6.68. The first-order valence-corrected chi connectivity index (χ1v) is 9.30. The van der Waals surface area contributed by atoms with Gasteiger partial charge in [-0.1, -0.05) is 17.7 Å². The molecule has 1 N–H and O–H groups in total. The Kier molecular flexibility index (Phi) is 4.80. The molecular weight excluding hydrogens is 344 g/mol. The van der Waals surface area contributed by atoms with E-state index < -0.39 is 5.79 Å². The van der Waals surface area contributed by atoms with E-state index in [0.717, 1.165) is 42.9 Å². The Hall–Kier alpha value is -2.51. The van der Waals surface area contributed by atoms with Crippen LogP contribution >= 0.6 is 0 Å². The molecule has 0 bridgehead atoms. The quantitative estimate of drug-likeness (QED) is 0.898. The summed E-state index contributed by atoms with van der Waals surface area (Å²) in [4.78, 5) is 23.8. The van der Waals surface area contributed by atoms with E-state index in [1.165, 1.54) is 0 Å². The van der Waals surface area contributed by atoms with E-state index in [-0.39, 0.29) is 5.91 Å². The number of benzene rings is 1. The van der Waals surface area contributed by atoms with Crippen LogP contribution in [-0.4, -0.2) is 48.0 Å². The summed E-state index contributed by atoms with van der Waals surface area (Å²) < 4.78 is 11.5. The average Bonchev–Trinajstić information content (AvgIpc) is 3.11. The van der Waals surface area contributed by atoms with E-state index in [0.29, 0.717) is 24.9 Å². The molecule has 2 aromatic rings. The minimum absolute atomic E-state index is 0.235. The van der Waals surface area contributed by atoms with E-state index in [1.807, 2.05) is 38.1 Å². The lowest BCUT2D eigenvalue weighted by Gasteiger charge is -2.37. The number of carbonyl (C=O) groups is 1. The number of hydrogen-bond donors (Lipinski definition) is 1. The molecule has 3 heterocycles. The van der Waals surface area contributed by atoms with E-state index >= 15 is 0 Å². The van der Waals surface area contributed by atoms with Gasteiger partial charge in [0.05, 0.1) is 13.2 Å². The number of nitrogens with one attached hydrogen (secondary N) is 1. The van der Waals surface area contributed by atoms with Crippen LogP contribution in [0.3, 0.4) is 0 Å². The smallest absolute Gasteiger partial charge is 0.274 e. The molecule has 27 heavy (non-hydrogen) atoms. The standard InChI is InChI=1S/C20H24N4O3/c1-14-3-5-16(6-4-14)22-18(25)17-13-15(2)21-19(23-17)24-9-7-20(8-10-24)26-11-12-27-20/h3-6,13H,7-12H2,1-2H3,(H,22,25). The van der Waals surface area contributed by atoms with Crippen molar-refractivity contribution in [1.82, 2.24) is 9.97 Å². The van der Waals surface area contributed by atoms with Gasteiger partial charge in [0.2, 0.25) is 5.95 Å². The Labute approximate surface area is 158 Å². The molecule has 2 aliphatic heterocycles. The van der Waals surface area contributed by atoms with Gasteiger partial charge in [-0.2, -0.15) is 0 Å². The fourth-order valence-electron chi connectivity index (χ4n) is 3.48. The average molecular weight is 368 g/mol. The third-order valence-corrected chi connectivity index (χ3v) is 5.01. The van der Waals surface area contributed by atoms with Crippen molar-refractivity contribution < 1.29 is 14.3 Å². The summed E-state index contributed by atoms with van der Waals surface area (Å²) in [6.07, 6.45) is 1.55. The van der Waals surface area contributed by atoms with Crippen molar-refractivity contribution in [3.8, 4) is 0 Å². The minimum atomic E-state index is -0.439. The van der Waals surface area contributed by atoms with Crippen molar-refractivity contribution in [2.24, 2.45) is 0 Å². The van der Waals surface area contributed by atoms with Gasteiger partial charge in [-0.05, 0) is 32.0 Å². The maximum Gasteiger partial charge on any atom is 0.274 e.